The number of aliphatic imine (C=N–C) groups is 1. The van der Waals surface area contributed by atoms with Crippen LogP contribution in [0.3, 0.4) is 0 Å². The van der Waals surface area contributed by atoms with E-state index < -0.39 is 0 Å². The van der Waals surface area contributed by atoms with E-state index in [2.05, 4.69) is 34.7 Å². The Bertz CT molecular complexity index is 785. The van der Waals surface area contributed by atoms with Crippen LogP contribution < -0.4 is 5.84 Å². The zero-order chi connectivity index (χ0) is 20.8. The van der Waals surface area contributed by atoms with Crippen LogP contribution >= 0.6 is 0 Å². The minimum atomic E-state index is 0.200. The summed E-state index contributed by atoms with van der Waals surface area (Å²) in [6, 6.07) is 8.20. The van der Waals surface area contributed by atoms with E-state index in [0.717, 1.165) is 38.0 Å². The van der Waals surface area contributed by atoms with E-state index in [9.17, 15) is 4.79 Å². The molecule has 0 spiro atoms. The van der Waals surface area contributed by atoms with Gasteiger partial charge in [-0.25, -0.2) is 10.8 Å². The molecule has 7 heteroatoms. The molecule has 0 aromatic heterocycles. The van der Waals surface area contributed by atoms with Crippen molar-refractivity contribution in [1.29, 1.82) is 0 Å². The van der Waals surface area contributed by atoms with E-state index in [1.165, 1.54) is 22.5 Å². The molecule has 7 nitrogen and oxygen atoms in total. The highest BCUT2D eigenvalue weighted by Crippen LogP contribution is 2.24. The molecule has 0 unspecified atom stereocenters. The van der Waals surface area contributed by atoms with Crippen LogP contribution in [0.15, 0.2) is 41.9 Å². The summed E-state index contributed by atoms with van der Waals surface area (Å²) >= 11 is 0. The summed E-state index contributed by atoms with van der Waals surface area (Å²) in [5, 5.41) is 1.39. The minimum Gasteiger partial charge on any atom is -0.380 e. The molecule has 29 heavy (non-hydrogen) atoms. The lowest BCUT2D eigenvalue weighted by atomic mass is 9.98. The molecule has 0 radical (unpaired) electrons. The Labute approximate surface area is 173 Å². The molecule has 1 saturated heterocycles. The average Bonchev–Trinajstić information content (AvgIpc) is 3.19. The SMILES string of the molecule is C=C(/N=C\N(C)N)c1ccc(C2=CCN(C(=O)CN3CC[C@H](OC)C3)CC2)cc1. The van der Waals surface area contributed by atoms with Gasteiger partial charge in [-0.1, -0.05) is 36.9 Å². The van der Waals surface area contributed by atoms with Crippen LogP contribution in [0.4, 0.5) is 0 Å². The van der Waals surface area contributed by atoms with Crippen LogP contribution in [-0.4, -0.2) is 80.0 Å². The summed E-state index contributed by atoms with van der Waals surface area (Å²) in [7, 11) is 3.45. The second-order valence-corrected chi connectivity index (χ2v) is 7.63. The predicted octanol–water partition coefficient (Wildman–Crippen LogP) is 1.83. The van der Waals surface area contributed by atoms with Gasteiger partial charge in [-0.05, 0) is 29.5 Å². The van der Waals surface area contributed by atoms with Crippen molar-refractivity contribution in [2.24, 2.45) is 10.8 Å². The Hall–Kier alpha value is -2.48. The average molecular weight is 398 g/mol. The van der Waals surface area contributed by atoms with Crippen LogP contribution in [0.5, 0.6) is 0 Å². The van der Waals surface area contributed by atoms with Crippen LogP contribution in [-0.2, 0) is 9.53 Å². The number of hydrogen-bond acceptors (Lipinski definition) is 5. The molecular formula is C22H31N5O2. The number of carbonyl (C=O) groups is 1. The fourth-order valence-corrected chi connectivity index (χ4v) is 3.69. The van der Waals surface area contributed by atoms with Crippen LogP contribution in [0.2, 0.25) is 0 Å². The summed E-state index contributed by atoms with van der Waals surface area (Å²) in [5.41, 5.74) is 4.08. The number of hydrogen-bond donors (Lipinski definition) is 1. The van der Waals surface area contributed by atoms with Gasteiger partial charge >= 0.3 is 0 Å². The Morgan fingerprint density at radius 2 is 2.14 bits per heavy atom. The molecule has 1 amide bonds. The van der Waals surface area contributed by atoms with E-state index in [-0.39, 0.29) is 12.0 Å². The zero-order valence-electron chi connectivity index (χ0n) is 17.4. The van der Waals surface area contributed by atoms with Crippen molar-refractivity contribution < 1.29 is 9.53 Å². The molecule has 1 atom stereocenters. The van der Waals surface area contributed by atoms with Crippen molar-refractivity contribution in [3.8, 4) is 0 Å². The van der Waals surface area contributed by atoms with E-state index in [4.69, 9.17) is 10.6 Å². The first-order valence-corrected chi connectivity index (χ1v) is 9.99. The fourth-order valence-electron chi connectivity index (χ4n) is 3.69. The highest BCUT2D eigenvalue weighted by molar-refractivity contribution is 5.80. The Morgan fingerprint density at radius 3 is 2.72 bits per heavy atom. The molecule has 1 aromatic rings. The quantitative estimate of drug-likeness (QED) is 0.329. The molecule has 156 valence electrons. The number of amides is 1. The standard InChI is InChI=1S/C22H31N5O2/c1-17(24-16-25(2)23)18-4-6-19(7-5-18)20-8-12-27(13-9-20)22(28)15-26-11-10-21(14-26)29-3/h4-8,16,21H,1,9-15,23H2,2-3H3/b24-16-/t21-/m0/s1. The summed E-state index contributed by atoms with van der Waals surface area (Å²) in [6.07, 6.45) is 5.82. The third kappa shape index (κ3) is 5.76. The molecule has 3 rings (SSSR count). The van der Waals surface area contributed by atoms with Gasteiger partial charge in [-0.2, -0.15) is 0 Å². The molecule has 0 bridgehead atoms. The Morgan fingerprint density at radius 1 is 1.38 bits per heavy atom. The lowest BCUT2D eigenvalue weighted by Gasteiger charge is -2.28. The molecule has 1 aromatic carbocycles. The Balaban J connectivity index is 1.54. The first-order chi connectivity index (χ1) is 14.0. The zero-order valence-corrected chi connectivity index (χ0v) is 17.4. The fraction of sp³-hybridized carbons (Fsp3) is 0.455. The molecule has 2 aliphatic rings. The predicted molar refractivity (Wildman–Crippen MR) is 117 cm³/mol. The van der Waals surface area contributed by atoms with Gasteiger partial charge in [0.15, 0.2) is 0 Å². The topological polar surface area (TPSA) is 74.4 Å². The molecule has 2 heterocycles. The smallest absolute Gasteiger partial charge is 0.237 e. The normalized spacial score (nSPS) is 20.2. The number of nitrogens with two attached hydrogens (primary N) is 1. The highest BCUT2D eigenvalue weighted by Gasteiger charge is 2.26. The number of carbonyl (C=O) groups excluding carboxylic acids is 1. The van der Waals surface area contributed by atoms with E-state index in [1.807, 2.05) is 17.0 Å². The summed E-state index contributed by atoms with van der Waals surface area (Å²) in [4.78, 5) is 21.0. The van der Waals surface area contributed by atoms with Gasteiger partial charge in [0, 0.05) is 40.3 Å². The maximum Gasteiger partial charge on any atom is 0.237 e. The largest absolute Gasteiger partial charge is 0.380 e. The molecule has 1 fully saturated rings. The van der Waals surface area contributed by atoms with Crippen molar-refractivity contribution in [2.75, 3.05) is 46.9 Å². The maximum atomic E-state index is 12.6. The first-order valence-electron chi connectivity index (χ1n) is 9.99. The second-order valence-electron chi connectivity index (χ2n) is 7.63. The van der Waals surface area contributed by atoms with Gasteiger partial charge in [0.2, 0.25) is 5.91 Å². The van der Waals surface area contributed by atoms with E-state index >= 15 is 0 Å². The first kappa shape index (κ1) is 21.2. The number of rotatable bonds is 7. The molecule has 0 aliphatic carbocycles. The maximum absolute atomic E-state index is 12.6. The number of methoxy groups -OCH3 is 1. The van der Waals surface area contributed by atoms with Gasteiger partial charge in [0.05, 0.1) is 18.3 Å². The Kier molecular flexibility index (Phi) is 7.19. The van der Waals surface area contributed by atoms with Crippen molar-refractivity contribution in [3.63, 3.8) is 0 Å². The summed E-state index contributed by atoms with van der Waals surface area (Å²) in [5.74, 6) is 5.73. The number of nitrogens with zero attached hydrogens (tertiary/aromatic N) is 4. The van der Waals surface area contributed by atoms with Gasteiger partial charge < -0.3 is 14.6 Å². The molecule has 2 aliphatic heterocycles. The number of ether oxygens (including phenoxy) is 1. The number of likely N-dealkylation sites (tertiary alicyclic amines) is 1. The van der Waals surface area contributed by atoms with E-state index in [0.29, 0.717) is 18.8 Å². The molecule has 0 saturated carbocycles. The third-order valence-corrected chi connectivity index (χ3v) is 5.47. The summed E-state index contributed by atoms with van der Waals surface area (Å²) < 4.78 is 5.38. The number of benzene rings is 1. The second kappa shape index (κ2) is 9.82. The van der Waals surface area contributed by atoms with Crippen LogP contribution in [0, 0.1) is 0 Å². The third-order valence-electron chi connectivity index (χ3n) is 5.47. The van der Waals surface area contributed by atoms with Crippen molar-refractivity contribution in [3.05, 3.63) is 48.0 Å². The minimum absolute atomic E-state index is 0.200. The summed E-state index contributed by atoms with van der Waals surface area (Å²) in [6.45, 7) is 7.66. The van der Waals surface area contributed by atoms with Gasteiger partial charge in [0.1, 0.15) is 6.34 Å². The lowest BCUT2D eigenvalue weighted by Crippen LogP contribution is -2.41. The van der Waals surface area contributed by atoms with Crippen molar-refractivity contribution in [1.82, 2.24) is 14.8 Å². The number of hydrazine groups is 1. The van der Waals surface area contributed by atoms with Gasteiger partial charge in [-0.15, -0.1) is 0 Å². The molecule has 2 N–H and O–H groups in total. The molecular weight excluding hydrogens is 366 g/mol. The monoisotopic (exact) mass is 397 g/mol. The van der Waals surface area contributed by atoms with Gasteiger partial charge in [-0.3, -0.25) is 9.69 Å². The van der Waals surface area contributed by atoms with Crippen molar-refractivity contribution >= 4 is 23.5 Å². The lowest BCUT2D eigenvalue weighted by molar-refractivity contribution is -0.131. The van der Waals surface area contributed by atoms with Crippen LogP contribution in [0.25, 0.3) is 11.3 Å². The van der Waals surface area contributed by atoms with E-state index in [1.54, 1.807) is 14.2 Å². The highest BCUT2D eigenvalue weighted by atomic mass is 16.5. The van der Waals surface area contributed by atoms with Crippen LogP contribution in [0.1, 0.15) is 24.0 Å². The van der Waals surface area contributed by atoms with Crippen molar-refractivity contribution in [2.45, 2.75) is 18.9 Å². The van der Waals surface area contributed by atoms with Gasteiger partial charge in [0.25, 0.3) is 0 Å².